The Balaban J connectivity index is 2.10. The molecule has 6 nitrogen and oxygen atoms in total. The molecule has 1 aromatic heterocycles. The van der Waals surface area contributed by atoms with Gasteiger partial charge < -0.3 is 9.84 Å². The van der Waals surface area contributed by atoms with Crippen molar-refractivity contribution in [3.63, 3.8) is 0 Å². The summed E-state index contributed by atoms with van der Waals surface area (Å²) in [6.07, 6.45) is 5.66. The maximum Gasteiger partial charge on any atom is 0.316 e. The molecule has 0 bridgehead atoms. The highest BCUT2D eigenvalue weighted by atomic mass is 32.2. The summed E-state index contributed by atoms with van der Waals surface area (Å²) < 4.78 is 8.75. The number of nitrogens with zero attached hydrogens (tertiary/aromatic N) is 2. The summed E-state index contributed by atoms with van der Waals surface area (Å²) in [5, 5.41) is 8.37. The number of aromatic nitrogens is 2. The van der Waals surface area contributed by atoms with E-state index >= 15 is 0 Å². The number of ether oxygens (including phenoxy) is 1. The highest BCUT2D eigenvalue weighted by Gasteiger charge is 2.06. The fraction of sp³-hybridized carbons (Fsp3) is 0.500. The van der Waals surface area contributed by atoms with Gasteiger partial charge in [0.15, 0.2) is 0 Å². The molecule has 0 aliphatic heterocycles. The topological polar surface area (TPSA) is 72.4 Å². The molecule has 0 amide bonds. The number of thioether (sulfide) groups is 1. The maximum atomic E-state index is 11.2. The van der Waals surface area contributed by atoms with Gasteiger partial charge in [-0.2, -0.15) is 0 Å². The van der Waals surface area contributed by atoms with E-state index in [4.69, 9.17) is 9.84 Å². The second-order valence-electron chi connectivity index (χ2n) is 3.42. The third-order valence-electron chi connectivity index (χ3n) is 1.88. The first-order valence-corrected chi connectivity index (χ1v) is 6.19. The minimum atomic E-state index is -0.928. The van der Waals surface area contributed by atoms with Gasteiger partial charge in [0.05, 0.1) is 18.6 Å². The van der Waals surface area contributed by atoms with Crippen molar-refractivity contribution in [2.24, 2.45) is 7.05 Å². The second-order valence-corrected chi connectivity index (χ2v) is 4.41. The summed E-state index contributed by atoms with van der Waals surface area (Å²) in [5.74, 6) is -1.32. The molecule has 0 spiro atoms. The Morgan fingerprint density at radius 2 is 2.24 bits per heavy atom. The average molecular weight is 259 g/mol. The van der Waals surface area contributed by atoms with Crippen molar-refractivity contribution in [1.82, 2.24) is 4.57 Å². The van der Waals surface area contributed by atoms with E-state index in [1.165, 1.54) is 0 Å². The van der Waals surface area contributed by atoms with Crippen LogP contribution in [0.2, 0.25) is 0 Å². The molecule has 0 aliphatic rings. The van der Waals surface area contributed by atoms with Gasteiger partial charge >= 0.3 is 11.9 Å². The van der Waals surface area contributed by atoms with Crippen LogP contribution >= 0.6 is 11.8 Å². The van der Waals surface area contributed by atoms with Gasteiger partial charge in [0.25, 0.3) is 0 Å². The standard InChI is InChI=1S/C10H14N2O4S/c1-11-2-3-12(8-11)4-5-16-10(15)7-17-6-9(13)14/h2-3,8H,4-7H2,1H3/p+1. The fourth-order valence-electron chi connectivity index (χ4n) is 1.16. The lowest BCUT2D eigenvalue weighted by Crippen LogP contribution is -2.24. The maximum absolute atomic E-state index is 11.2. The summed E-state index contributed by atoms with van der Waals surface area (Å²) in [6.45, 7) is 0.886. The molecule has 1 N–H and O–H groups in total. The van der Waals surface area contributed by atoms with Crippen LogP contribution in [0.15, 0.2) is 18.7 Å². The Labute approximate surface area is 103 Å². The zero-order valence-electron chi connectivity index (χ0n) is 9.54. The lowest BCUT2D eigenvalue weighted by atomic mass is 10.6. The molecular weight excluding hydrogens is 244 g/mol. The first kappa shape index (κ1) is 13.6. The Morgan fingerprint density at radius 3 is 2.82 bits per heavy atom. The van der Waals surface area contributed by atoms with Gasteiger partial charge in [-0.1, -0.05) is 0 Å². The van der Waals surface area contributed by atoms with E-state index in [1.54, 1.807) is 0 Å². The van der Waals surface area contributed by atoms with Crippen LogP contribution in [-0.4, -0.2) is 39.7 Å². The minimum Gasteiger partial charge on any atom is -0.481 e. The number of aryl methyl sites for hydroxylation is 1. The molecule has 0 saturated carbocycles. The van der Waals surface area contributed by atoms with E-state index in [1.807, 2.05) is 34.9 Å². The molecule has 1 heterocycles. The quantitative estimate of drug-likeness (QED) is 0.536. The molecule has 7 heteroatoms. The molecule has 0 aliphatic carbocycles. The van der Waals surface area contributed by atoms with Crippen LogP contribution in [-0.2, 0) is 27.9 Å². The first-order chi connectivity index (χ1) is 8.08. The van der Waals surface area contributed by atoms with Crippen molar-refractivity contribution in [3.8, 4) is 0 Å². The summed E-state index contributed by atoms with van der Waals surface area (Å²) >= 11 is 1.03. The number of hydrogen-bond donors (Lipinski definition) is 1. The molecule has 0 radical (unpaired) electrons. The number of esters is 1. The Bertz CT molecular complexity index is 391. The van der Waals surface area contributed by atoms with Crippen molar-refractivity contribution in [2.45, 2.75) is 6.54 Å². The molecule has 0 fully saturated rings. The Kier molecular flexibility index (Phi) is 5.55. The van der Waals surface area contributed by atoms with Crippen LogP contribution in [0.25, 0.3) is 0 Å². The summed E-state index contributed by atoms with van der Waals surface area (Å²) in [6, 6.07) is 0. The highest BCUT2D eigenvalue weighted by molar-refractivity contribution is 8.00. The third kappa shape index (κ3) is 5.96. The van der Waals surface area contributed by atoms with Crippen LogP contribution in [0, 0.1) is 0 Å². The molecule has 0 saturated heterocycles. The lowest BCUT2D eigenvalue weighted by molar-refractivity contribution is -0.671. The molecule has 0 atom stereocenters. The van der Waals surface area contributed by atoms with Crippen molar-refractivity contribution < 1.29 is 24.0 Å². The van der Waals surface area contributed by atoms with E-state index < -0.39 is 5.97 Å². The van der Waals surface area contributed by atoms with Gasteiger partial charge in [0.2, 0.25) is 6.33 Å². The number of hydrogen-bond acceptors (Lipinski definition) is 4. The van der Waals surface area contributed by atoms with Crippen molar-refractivity contribution in [3.05, 3.63) is 18.7 Å². The second kappa shape index (κ2) is 6.95. The van der Waals surface area contributed by atoms with Crippen LogP contribution in [0.5, 0.6) is 0 Å². The SMILES string of the molecule is C[n+]1ccn(CCOC(=O)CSCC(=O)O)c1. The van der Waals surface area contributed by atoms with Crippen LogP contribution in [0.1, 0.15) is 0 Å². The van der Waals surface area contributed by atoms with Gasteiger partial charge in [-0.25, -0.2) is 9.13 Å². The number of rotatable bonds is 7. The lowest BCUT2D eigenvalue weighted by Gasteiger charge is -2.02. The molecule has 1 aromatic rings. The van der Waals surface area contributed by atoms with Gasteiger partial charge in [-0.3, -0.25) is 9.59 Å². The molecule has 0 aromatic carbocycles. The number of imidazole rings is 1. The minimum absolute atomic E-state index is 0.0752. The number of carboxylic acids is 1. The molecular formula is C10H15N2O4S+. The molecule has 0 unspecified atom stereocenters. The van der Waals surface area contributed by atoms with E-state index in [2.05, 4.69) is 0 Å². The summed E-state index contributed by atoms with van der Waals surface area (Å²) in [4.78, 5) is 21.4. The predicted molar refractivity (Wildman–Crippen MR) is 61.5 cm³/mol. The van der Waals surface area contributed by atoms with E-state index in [0.29, 0.717) is 13.2 Å². The van der Waals surface area contributed by atoms with E-state index in [-0.39, 0.29) is 17.5 Å². The molecule has 1 rings (SSSR count). The van der Waals surface area contributed by atoms with Gasteiger partial charge in [-0.15, -0.1) is 11.8 Å². The third-order valence-corrected chi connectivity index (χ3v) is 2.77. The number of carbonyl (C=O) groups excluding carboxylic acids is 1. The summed E-state index contributed by atoms with van der Waals surface area (Å²) in [5.41, 5.74) is 0. The fourth-order valence-corrected chi connectivity index (χ4v) is 1.69. The summed E-state index contributed by atoms with van der Waals surface area (Å²) in [7, 11) is 1.91. The van der Waals surface area contributed by atoms with Crippen molar-refractivity contribution in [2.75, 3.05) is 18.1 Å². The first-order valence-electron chi connectivity index (χ1n) is 5.04. The molecule has 17 heavy (non-hydrogen) atoms. The monoisotopic (exact) mass is 259 g/mol. The van der Waals surface area contributed by atoms with Crippen LogP contribution < -0.4 is 4.57 Å². The van der Waals surface area contributed by atoms with Gasteiger partial charge in [-0.05, 0) is 0 Å². The van der Waals surface area contributed by atoms with E-state index in [9.17, 15) is 9.59 Å². The van der Waals surface area contributed by atoms with Crippen LogP contribution in [0.4, 0.5) is 0 Å². The van der Waals surface area contributed by atoms with E-state index in [0.717, 1.165) is 11.8 Å². The van der Waals surface area contributed by atoms with Crippen molar-refractivity contribution >= 4 is 23.7 Å². The smallest absolute Gasteiger partial charge is 0.316 e. The van der Waals surface area contributed by atoms with Gasteiger partial charge in [0.1, 0.15) is 25.5 Å². The molecule has 94 valence electrons. The predicted octanol–water partition coefficient (Wildman–Crippen LogP) is -0.326. The number of carboxylic acid groups (broad SMARTS) is 1. The normalized spacial score (nSPS) is 10.2. The van der Waals surface area contributed by atoms with Gasteiger partial charge in [0, 0.05) is 0 Å². The highest BCUT2D eigenvalue weighted by Crippen LogP contribution is 2.00. The van der Waals surface area contributed by atoms with Crippen molar-refractivity contribution in [1.29, 1.82) is 0 Å². The zero-order valence-corrected chi connectivity index (χ0v) is 10.4. The number of carbonyl (C=O) groups is 2. The average Bonchev–Trinajstić information content (AvgIpc) is 2.63. The largest absolute Gasteiger partial charge is 0.481 e. The van der Waals surface area contributed by atoms with Crippen LogP contribution in [0.3, 0.4) is 0 Å². The Morgan fingerprint density at radius 1 is 1.47 bits per heavy atom. The zero-order chi connectivity index (χ0) is 12.7. The number of aliphatic carboxylic acids is 1. The Hall–Kier alpha value is -1.50.